The van der Waals surface area contributed by atoms with Gasteiger partial charge in [0.05, 0.1) is 59.8 Å². The lowest BCUT2D eigenvalue weighted by molar-refractivity contribution is -0.137. The molecule has 0 bridgehead atoms. The number of aliphatic hydroxyl groups is 1. The van der Waals surface area contributed by atoms with E-state index in [2.05, 4.69) is 15.3 Å². The van der Waals surface area contributed by atoms with E-state index in [0.717, 1.165) is 24.1 Å². The van der Waals surface area contributed by atoms with Gasteiger partial charge in [0.25, 0.3) is 5.91 Å². The minimum absolute atomic E-state index is 0.0318. The molecule has 0 radical (unpaired) electrons. The Hall–Kier alpha value is -3.59. The van der Waals surface area contributed by atoms with Crippen LogP contribution in [-0.4, -0.2) is 80.3 Å². The highest BCUT2D eigenvalue weighted by molar-refractivity contribution is 7.91. The summed E-state index contributed by atoms with van der Waals surface area (Å²) in [5.74, 6) is -0.310. The van der Waals surface area contributed by atoms with Crippen molar-refractivity contribution in [2.45, 2.75) is 54.9 Å². The molecule has 5 rings (SSSR count). The Morgan fingerprint density at radius 3 is 2.40 bits per heavy atom. The molecule has 45 heavy (non-hydrogen) atoms. The molecule has 0 spiro atoms. The van der Waals surface area contributed by atoms with E-state index in [1.54, 1.807) is 19.1 Å². The number of carbonyl (C=O) groups is 1. The zero-order valence-electron chi connectivity index (χ0n) is 24.6. The van der Waals surface area contributed by atoms with Gasteiger partial charge in [-0.2, -0.15) is 13.2 Å². The predicted octanol–water partition coefficient (Wildman–Crippen LogP) is 3.92. The van der Waals surface area contributed by atoms with Crippen molar-refractivity contribution in [2.24, 2.45) is 0 Å². The molecule has 1 amide bonds. The van der Waals surface area contributed by atoms with Crippen LogP contribution in [0.2, 0.25) is 0 Å². The first-order valence-electron chi connectivity index (χ1n) is 14.7. The number of halogens is 3. The molecule has 3 heterocycles. The number of nitrogens with zero attached hydrogens (tertiary/aromatic N) is 3. The van der Waals surface area contributed by atoms with E-state index in [0.29, 0.717) is 44.3 Å². The SMILES string of the molecule is CCS(=O)(=O)c1ccc([C@H](CO)NC(=O)c2cnc(N3CC(c4ccc(C(F)(F)F)cc4)C[C@H]3CO[C@H]3CCOC3)nc2)cc1. The largest absolute Gasteiger partial charge is 0.416 e. The van der Waals surface area contributed by atoms with Crippen molar-refractivity contribution in [1.29, 1.82) is 0 Å². The Morgan fingerprint density at radius 1 is 1.13 bits per heavy atom. The topological polar surface area (TPSA) is 131 Å². The molecule has 2 aromatic carbocycles. The van der Waals surface area contributed by atoms with Crippen LogP contribution >= 0.6 is 0 Å². The molecule has 1 aromatic heterocycles. The molecule has 2 aliphatic heterocycles. The number of rotatable bonds is 11. The second-order valence-corrected chi connectivity index (χ2v) is 13.4. The Labute approximate surface area is 259 Å². The summed E-state index contributed by atoms with van der Waals surface area (Å²) in [5.41, 5.74) is 0.743. The van der Waals surface area contributed by atoms with Crippen LogP contribution in [0.5, 0.6) is 0 Å². The molecular weight excluding hydrogens is 613 g/mol. The summed E-state index contributed by atoms with van der Waals surface area (Å²) in [6.45, 7) is 3.07. The van der Waals surface area contributed by atoms with Crippen LogP contribution in [0.25, 0.3) is 0 Å². The van der Waals surface area contributed by atoms with Crippen LogP contribution in [0.3, 0.4) is 0 Å². The quantitative estimate of drug-likeness (QED) is 0.318. The summed E-state index contributed by atoms with van der Waals surface area (Å²) < 4.78 is 75.0. The minimum atomic E-state index is -4.42. The molecule has 2 aliphatic rings. The van der Waals surface area contributed by atoms with Crippen molar-refractivity contribution in [3.05, 3.63) is 83.2 Å². The highest BCUT2D eigenvalue weighted by Crippen LogP contribution is 2.36. The average Bonchev–Trinajstić information content (AvgIpc) is 3.73. The van der Waals surface area contributed by atoms with Crippen molar-refractivity contribution >= 4 is 21.7 Å². The van der Waals surface area contributed by atoms with Crippen molar-refractivity contribution < 1.29 is 41.0 Å². The molecule has 3 aromatic rings. The first kappa shape index (κ1) is 32.8. The number of alkyl halides is 3. The number of hydrogen-bond acceptors (Lipinski definition) is 9. The maximum Gasteiger partial charge on any atom is 0.416 e. The van der Waals surface area contributed by atoms with E-state index in [9.17, 15) is 31.5 Å². The van der Waals surface area contributed by atoms with Crippen LogP contribution in [0.4, 0.5) is 19.1 Å². The number of sulfone groups is 1. The lowest BCUT2D eigenvalue weighted by Gasteiger charge is -2.25. The van der Waals surface area contributed by atoms with Gasteiger partial charge in [-0.15, -0.1) is 0 Å². The van der Waals surface area contributed by atoms with Gasteiger partial charge in [0, 0.05) is 31.5 Å². The smallest absolute Gasteiger partial charge is 0.394 e. The summed E-state index contributed by atoms with van der Waals surface area (Å²) in [4.78, 5) is 24.0. The summed E-state index contributed by atoms with van der Waals surface area (Å²) in [5, 5.41) is 12.6. The van der Waals surface area contributed by atoms with E-state index in [1.807, 2.05) is 4.90 Å². The Kier molecular flexibility index (Phi) is 10.1. The van der Waals surface area contributed by atoms with Gasteiger partial charge in [0.1, 0.15) is 0 Å². The first-order chi connectivity index (χ1) is 21.5. The molecule has 1 unspecified atom stereocenters. The van der Waals surface area contributed by atoms with Crippen molar-refractivity contribution in [3.8, 4) is 0 Å². The molecule has 0 saturated carbocycles. The van der Waals surface area contributed by atoms with E-state index in [-0.39, 0.29) is 34.3 Å². The fraction of sp³-hybridized carbons (Fsp3) is 0.452. The number of aromatic nitrogens is 2. The van der Waals surface area contributed by atoms with Gasteiger partial charge in [-0.3, -0.25) is 4.79 Å². The maximum atomic E-state index is 13.1. The minimum Gasteiger partial charge on any atom is -0.394 e. The Bertz CT molecular complexity index is 1550. The lowest BCUT2D eigenvalue weighted by atomic mass is 9.95. The second kappa shape index (κ2) is 13.8. The normalized spacial score (nSPS) is 21.2. The monoisotopic (exact) mass is 648 g/mol. The predicted molar refractivity (Wildman–Crippen MR) is 159 cm³/mol. The van der Waals surface area contributed by atoms with E-state index in [4.69, 9.17) is 9.47 Å². The lowest BCUT2D eigenvalue weighted by Crippen LogP contribution is -2.36. The van der Waals surface area contributed by atoms with Crippen LogP contribution in [0.15, 0.2) is 65.8 Å². The molecule has 242 valence electrons. The van der Waals surface area contributed by atoms with E-state index >= 15 is 0 Å². The molecule has 0 aliphatic carbocycles. The van der Waals surface area contributed by atoms with Crippen LogP contribution in [0.1, 0.15) is 58.8 Å². The first-order valence-corrected chi connectivity index (χ1v) is 16.3. The summed E-state index contributed by atoms with van der Waals surface area (Å²) in [6, 6.07) is 10.2. The Balaban J connectivity index is 1.28. The molecule has 2 saturated heterocycles. The number of ether oxygens (including phenoxy) is 2. The number of carbonyl (C=O) groups excluding carboxylic acids is 1. The second-order valence-electron chi connectivity index (χ2n) is 11.1. The Morgan fingerprint density at radius 2 is 1.82 bits per heavy atom. The number of nitrogens with one attached hydrogen (secondary N) is 1. The summed E-state index contributed by atoms with van der Waals surface area (Å²) >= 11 is 0. The highest BCUT2D eigenvalue weighted by Gasteiger charge is 2.36. The highest BCUT2D eigenvalue weighted by atomic mass is 32.2. The number of benzene rings is 2. The third-order valence-corrected chi connectivity index (χ3v) is 9.95. The third-order valence-electron chi connectivity index (χ3n) is 8.20. The maximum absolute atomic E-state index is 13.1. The molecule has 2 N–H and O–H groups in total. The van der Waals surface area contributed by atoms with Gasteiger partial charge in [0.15, 0.2) is 9.84 Å². The standard InChI is InChI=1S/C31H35F3N4O6S/c1-2-45(41,42)27-9-5-21(6-10-27)28(17-39)37-29(40)23-14-35-30(36-15-23)38-16-22(13-25(38)18-44-26-11-12-43-19-26)20-3-7-24(8-4-20)31(32,33)34/h3-10,14-15,22,25-26,28,39H,2,11-13,16-19H2,1H3,(H,37,40)/t22?,25-,26-,28-/m0/s1. The number of hydrogen-bond donors (Lipinski definition) is 2. The van der Waals surface area contributed by atoms with Gasteiger partial charge in [0.2, 0.25) is 5.95 Å². The van der Waals surface area contributed by atoms with Gasteiger partial charge < -0.3 is 24.8 Å². The average molecular weight is 649 g/mol. The third kappa shape index (κ3) is 7.80. The van der Waals surface area contributed by atoms with Crippen LogP contribution in [0, 0.1) is 0 Å². The van der Waals surface area contributed by atoms with Crippen molar-refractivity contribution in [2.75, 3.05) is 43.6 Å². The molecule has 2 fully saturated rings. The van der Waals surface area contributed by atoms with E-state index < -0.39 is 40.1 Å². The summed E-state index contributed by atoms with van der Waals surface area (Å²) in [6.07, 6.45) is -0.306. The van der Waals surface area contributed by atoms with Gasteiger partial charge >= 0.3 is 6.18 Å². The van der Waals surface area contributed by atoms with Gasteiger partial charge in [-0.25, -0.2) is 18.4 Å². The van der Waals surface area contributed by atoms with Gasteiger partial charge in [-0.1, -0.05) is 31.2 Å². The van der Waals surface area contributed by atoms with Crippen LogP contribution in [-0.2, 0) is 25.5 Å². The summed E-state index contributed by atoms with van der Waals surface area (Å²) in [7, 11) is -3.39. The van der Waals surface area contributed by atoms with Crippen LogP contribution < -0.4 is 10.2 Å². The molecule has 4 atom stereocenters. The fourth-order valence-electron chi connectivity index (χ4n) is 5.53. The van der Waals surface area contributed by atoms with Crippen molar-refractivity contribution in [1.82, 2.24) is 15.3 Å². The van der Waals surface area contributed by atoms with Crippen molar-refractivity contribution in [3.63, 3.8) is 0 Å². The van der Waals surface area contributed by atoms with E-state index in [1.165, 1.54) is 36.7 Å². The number of aliphatic hydroxyl groups excluding tert-OH is 1. The fourth-order valence-corrected chi connectivity index (χ4v) is 6.42. The number of anilines is 1. The number of amides is 1. The molecular formula is C31H35F3N4O6S. The van der Waals surface area contributed by atoms with Gasteiger partial charge in [-0.05, 0) is 48.2 Å². The molecule has 10 nitrogen and oxygen atoms in total. The zero-order valence-corrected chi connectivity index (χ0v) is 25.4. The zero-order chi connectivity index (χ0) is 32.2. The molecule has 14 heteroatoms.